The summed E-state index contributed by atoms with van der Waals surface area (Å²) in [6, 6.07) is 7.32. The minimum absolute atomic E-state index is 0.255. The minimum atomic E-state index is 0.255. The van der Waals surface area contributed by atoms with Gasteiger partial charge in [0.2, 0.25) is 5.91 Å². The number of hydrogen-bond acceptors (Lipinski definition) is 3. The number of nitrogen functional groups attached to an aromatic ring is 1. The van der Waals surface area contributed by atoms with Crippen LogP contribution in [0.5, 0.6) is 5.75 Å². The lowest BCUT2D eigenvalue weighted by Crippen LogP contribution is -2.34. The lowest BCUT2D eigenvalue weighted by atomic mass is 10.0. The average molecular weight is 262 g/mol. The number of rotatable bonds is 4. The van der Waals surface area contributed by atoms with Gasteiger partial charge in [-0.25, -0.2) is 0 Å². The van der Waals surface area contributed by atoms with E-state index in [0.29, 0.717) is 25.5 Å². The summed E-state index contributed by atoms with van der Waals surface area (Å²) < 4.78 is 5.63. The summed E-state index contributed by atoms with van der Waals surface area (Å²) in [5.41, 5.74) is 6.34. The minimum Gasteiger partial charge on any atom is -0.492 e. The van der Waals surface area contributed by atoms with E-state index in [0.717, 1.165) is 30.8 Å². The van der Waals surface area contributed by atoms with Crippen molar-refractivity contribution in [3.8, 4) is 5.75 Å². The van der Waals surface area contributed by atoms with Gasteiger partial charge in [-0.05, 0) is 43.0 Å². The monoisotopic (exact) mass is 262 g/mol. The molecule has 1 aromatic carbocycles. The molecule has 1 amide bonds. The van der Waals surface area contributed by atoms with Crippen LogP contribution in [0.3, 0.4) is 0 Å². The standard InChI is InChI=1S/C15H22N2O2/c1-12-2-7-15(18)17(9-8-12)10-11-19-14-5-3-13(16)4-6-14/h3-6,12H,2,7-11,16H2,1H3. The highest BCUT2D eigenvalue weighted by Crippen LogP contribution is 2.17. The van der Waals surface area contributed by atoms with Gasteiger partial charge in [-0.2, -0.15) is 0 Å². The molecular weight excluding hydrogens is 240 g/mol. The molecule has 1 saturated heterocycles. The van der Waals surface area contributed by atoms with Crippen LogP contribution in [0.2, 0.25) is 0 Å². The number of nitrogens with zero attached hydrogens (tertiary/aromatic N) is 1. The Kier molecular flexibility index (Phi) is 4.66. The van der Waals surface area contributed by atoms with Gasteiger partial charge < -0.3 is 15.4 Å². The molecule has 0 saturated carbocycles. The van der Waals surface area contributed by atoms with Gasteiger partial charge in [0.05, 0.1) is 6.54 Å². The summed E-state index contributed by atoms with van der Waals surface area (Å²) in [7, 11) is 0. The Morgan fingerprint density at radius 1 is 1.32 bits per heavy atom. The molecule has 0 aromatic heterocycles. The zero-order valence-corrected chi connectivity index (χ0v) is 11.5. The Morgan fingerprint density at radius 2 is 2.05 bits per heavy atom. The maximum atomic E-state index is 11.9. The lowest BCUT2D eigenvalue weighted by Gasteiger charge is -2.20. The molecule has 0 aliphatic carbocycles. The number of anilines is 1. The van der Waals surface area contributed by atoms with Crippen molar-refractivity contribution in [3.05, 3.63) is 24.3 Å². The van der Waals surface area contributed by atoms with Crippen LogP contribution in [0, 0.1) is 5.92 Å². The van der Waals surface area contributed by atoms with E-state index < -0.39 is 0 Å². The fourth-order valence-electron chi connectivity index (χ4n) is 2.25. The zero-order valence-electron chi connectivity index (χ0n) is 11.5. The third-order valence-electron chi connectivity index (χ3n) is 3.61. The molecule has 4 nitrogen and oxygen atoms in total. The smallest absolute Gasteiger partial charge is 0.222 e. The summed E-state index contributed by atoms with van der Waals surface area (Å²) >= 11 is 0. The van der Waals surface area contributed by atoms with Crippen LogP contribution in [0.1, 0.15) is 26.2 Å². The van der Waals surface area contributed by atoms with Crippen molar-refractivity contribution >= 4 is 11.6 Å². The van der Waals surface area contributed by atoms with Crippen LogP contribution in [-0.4, -0.2) is 30.5 Å². The molecule has 1 fully saturated rings. The number of ether oxygens (including phenoxy) is 1. The Morgan fingerprint density at radius 3 is 2.79 bits per heavy atom. The summed E-state index contributed by atoms with van der Waals surface area (Å²) in [5, 5.41) is 0. The van der Waals surface area contributed by atoms with Crippen LogP contribution in [0.25, 0.3) is 0 Å². The highest BCUT2D eigenvalue weighted by atomic mass is 16.5. The van der Waals surface area contributed by atoms with Gasteiger partial charge in [0, 0.05) is 18.7 Å². The largest absolute Gasteiger partial charge is 0.492 e. The number of carbonyl (C=O) groups is 1. The van der Waals surface area contributed by atoms with Crippen molar-refractivity contribution in [2.75, 3.05) is 25.4 Å². The van der Waals surface area contributed by atoms with E-state index in [2.05, 4.69) is 6.92 Å². The van der Waals surface area contributed by atoms with Crippen molar-refractivity contribution in [2.45, 2.75) is 26.2 Å². The van der Waals surface area contributed by atoms with Gasteiger partial charge in [0.1, 0.15) is 12.4 Å². The maximum absolute atomic E-state index is 11.9. The second-order valence-corrected chi connectivity index (χ2v) is 5.23. The van der Waals surface area contributed by atoms with E-state index in [-0.39, 0.29) is 5.91 Å². The molecule has 1 aromatic rings. The molecule has 0 bridgehead atoms. The van der Waals surface area contributed by atoms with E-state index in [4.69, 9.17) is 10.5 Å². The van der Waals surface area contributed by atoms with Gasteiger partial charge in [-0.1, -0.05) is 6.92 Å². The molecule has 4 heteroatoms. The maximum Gasteiger partial charge on any atom is 0.222 e. The fraction of sp³-hybridized carbons (Fsp3) is 0.533. The van der Waals surface area contributed by atoms with Gasteiger partial charge in [-0.15, -0.1) is 0 Å². The van der Waals surface area contributed by atoms with Gasteiger partial charge in [-0.3, -0.25) is 4.79 Å². The Balaban J connectivity index is 1.78. The number of likely N-dealkylation sites (tertiary alicyclic amines) is 1. The number of carbonyl (C=O) groups excluding carboxylic acids is 1. The second-order valence-electron chi connectivity index (χ2n) is 5.23. The first-order chi connectivity index (χ1) is 9.15. The third kappa shape index (κ3) is 4.16. The summed E-state index contributed by atoms with van der Waals surface area (Å²) in [4.78, 5) is 13.8. The predicted molar refractivity (Wildman–Crippen MR) is 75.9 cm³/mol. The lowest BCUT2D eigenvalue weighted by molar-refractivity contribution is -0.131. The highest BCUT2D eigenvalue weighted by Gasteiger charge is 2.19. The molecule has 1 aliphatic heterocycles. The quantitative estimate of drug-likeness (QED) is 0.847. The van der Waals surface area contributed by atoms with Crippen LogP contribution < -0.4 is 10.5 Å². The molecule has 2 N–H and O–H groups in total. The van der Waals surface area contributed by atoms with E-state index in [1.165, 1.54) is 0 Å². The molecule has 0 spiro atoms. The van der Waals surface area contributed by atoms with Crippen LogP contribution in [0.15, 0.2) is 24.3 Å². The predicted octanol–water partition coefficient (Wildman–Crippen LogP) is 2.30. The molecule has 0 radical (unpaired) electrons. The third-order valence-corrected chi connectivity index (χ3v) is 3.61. The SMILES string of the molecule is CC1CCC(=O)N(CCOc2ccc(N)cc2)CC1. The van der Waals surface area contributed by atoms with Gasteiger partial charge >= 0.3 is 0 Å². The van der Waals surface area contributed by atoms with Crippen molar-refractivity contribution < 1.29 is 9.53 Å². The van der Waals surface area contributed by atoms with Crippen molar-refractivity contribution in [1.29, 1.82) is 0 Å². The Labute approximate surface area is 114 Å². The first-order valence-corrected chi connectivity index (χ1v) is 6.91. The van der Waals surface area contributed by atoms with Crippen LogP contribution >= 0.6 is 0 Å². The molecule has 1 aliphatic rings. The molecule has 1 atom stereocenters. The first-order valence-electron chi connectivity index (χ1n) is 6.91. The molecule has 1 unspecified atom stereocenters. The number of nitrogens with two attached hydrogens (primary N) is 1. The summed E-state index contributed by atoms with van der Waals surface area (Å²) in [6.07, 6.45) is 2.77. The molecule has 19 heavy (non-hydrogen) atoms. The second kappa shape index (κ2) is 6.45. The first kappa shape index (κ1) is 13.7. The summed E-state index contributed by atoms with van der Waals surface area (Å²) in [5.74, 6) is 1.70. The molecule has 104 valence electrons. The van der Waals surface area contributed by atoms with Gasteiger partial charge in [0.25, 0.3) is 0 Å². The van der Waals surface area contributed by atoms with E-state index >= 15 is 0 Å². The van der Waals surface area contributed by atoms with Crippen molar-refractivity contribution in [3.63, 3.8) is 0 Å². The number of hydrogen-bond donors (Lipinski definition) is 1. The normalized spacial score (nSPS) is 20.2. The number of amides is 1. The van der Waals surface area contributed by atoms with Gasteiger partial charge in [0.15, 0.2) is 0 Å². The van der Waals surface area contributed by atoms with E-state index in [1.807, 2.05) is 29.2 Å². The Hall–Kier alpha value is -1.71. The molecule has 2 rings (SSSR count). The topological polar surface area (TPSA) is 55.6 Å². The molecule has 1 heterocycles. The number of benzene rings is 1. The summed E-state index contributed by atoms with van der Waals surface area (Å²) in [6.45, 7) is 4.26. The highest BCUT2D eigenvalue weighted by molar-refractivity contribution is 5.76. The Bertz CT molecular complexity index is 417. The van der Waals surface area contributed by atoms with Crippen molar-refractivity contribution in [1.82, 2.24) is 4.90 Å². The fourth-order valence-corrected chi connectivity index (χ4v) is 2.25. The zero-order chi connectivity index (χ0) is 13.7. The van der Waals surface area contributed by atoms with Crippen molar-refractivity contribution in [2.24, 2.45) is 5.92 Å². The van der Waals surface area contributed by atoms with Crippen LogP contribution in [-0.2, 0) is 4.79 Å². The average Bonchev–Trinajstić information content (AvgIpc) is 2.56. The van der Waals surface area contributed by atoms with E-state index in [1.54, 1.807) is 0 Å². The van der Waals surface area contributed by atoms with Crippen LogP contribution in [0.4, 0.5) is 5.69 Å². The molecular formula is C15H22N2O2. The van der Waals surface area contributed by atoms with E-state index in [9.17, 15) is 4.79 Å².